The van der Waals surface area contributed by atoms with Gasteiger partial charge >= 0.3 is 5.97 Å². The van der Waals surface area contributed by atoms with Crippen molar-refractivity contribution in [2.75, 3.05) is 17.8 Å². The van der Waals surface area contributed by atoms with Crippen molar-refractivity contribution in [1.82, 2.24) is 0 Å². The van der Waals surface area contributed by atoms with E-state index in [-0.39, 0.29) is 30.8 Å². The third-order valence-electron chi connectivity index (χ3n) is 4.70. The topological polar surface area (TPSA) is 46.6 Å². The quantitative estimate of drug-likeness (QED) is 0.580. The van der Waals surface area contributed by atoms with Crippen LogP contribution in [0, 0.1) is 0 Å². The second-order valence-electron chi connectivity index (χ2n) is 6.18. The summed E-state index contributed by atoms with van der Waals surface area (Å²) in [6.45, 7) is 0.103. The Hall–Kier alpha value is -2.24. The van der Waals surface area contributed by atoms with Crippen LogP contribution in [-0.4, -0.2) is 24.7 Å². The van der Waals surface area contributed by atoms with Gasteiger partial charge in [0.25, 0.3) is 0 Å². The molecule has 2 aromatic carbocycles. The van der Waals surface area contributed by atoms with Crippen LogP contribution in [0.5, 0.6) is 0 Å². The lowest BCUT2D eigenvalue weighted by Crippen LogP contribution is -2.37. The molecule has 4 nitrogen and oxygen atoms in total. The van der Waals surface area contributed by atoms with E-state index in [1.54, 1.807) is 34.9 Å². The Morgan fingerprint density at radius 3 is 2.62 bits per heavy atom. The van der Waals surface area contributed by atoms with Crippen molar-refractivity contribution in [2.45, 2.75) is 17.2 Å². The highest BCUT2D eigenvalue weighted by Gasteiger charge is 2.42. The molecule has 0 fully saturated rings. The van der Waals surface area contributed by atoms with E-state index in [1.165, 1.54) is 0 Å². The van der Waals surface area contributed by atoms with Crippen molar-refractivity contribution >= 4 is 40.9 Å². The summed E-state index contributed by atoms with van der Waals surface area (Å²) in [7, 11) is 0. The SMILES string of the molecule is CSc1ccc([C@H]2CC(=O)N(c3cccc(Cl)c3)C3=C2C(=O)OC3)cc1. The van der Waals surface area contributed by atoms with Gasteiger partial charge in [-0.1, -0.05) is 29.8 Å². The van der Waals surface area contributed by atoms with Crippen molar-refractivity contribution in [3.05, 3.63) is 70.4 Å². The van der Waals surface area contributed by atoms with Gasteiger partial charge in [-0.25, -0.2) is 4.79 Å². The molecule has 0 unspecified atom stereocenters. The van der Waals surface area contributed by atoms with E-state index in [0.29, 0.717) is 22.0 Å². The molecule has 1 atom stereocenters. The molecule has 0 radical (unpaired) electrons. The lowest BCUT2D eigenvalue weighted by atomic mass is 9.84. The first-order chi connectivity index (χ1) is 12.6. The van der Waals surface area contributed by atoms with E-state index in [4.69, 9.17) is 16.3 Å². The van der Waals surface area contributed by atoms with Gasteiger partial charge in [0.1, 0.15) is 6.61 Å². The number of cyclic esters (lactones) is 1. The van der Waals surface area contributed by atoms with E-state index >= 15 is 0 Å². The number of nitrogens with zero attached hydrogens (tertiary/aromatic N) is 1. The fourth-order valence-corrected chi connectivity index (χ4v) is 4.08. The van der Waals surface area contributed by atoms with Crippen LogP contribution in [0.15, 0.2) is 64.7 Å². The number of amides is 1. The Kier molecular flexibility index (Phi) is 4.51. The van der Waals surface area contributed by atoms with Gasteiger partial charge in [0, 0.05) is 22.3 Å². The summed E-state index contributed by atoms with van der Waals surface area (Å²) < 4.78 is 5.28. The molecule has 4 rings (SSSR count). The van der Waals surface area contributed by atoms with Gasteiger partial charge in [-0.2, -0.15) is 0 Å². The molecule has 0 aromatic heterocycles. The summed E-state index contributed by atoms with van der Waals surface area (Å²) in [5.74, 6) is -0.694. The number of benzene rings is 2. The normalized spacial score (nSPS) is 19.6. The first kappa shape index (κ1) is 17.2. The van der Waals surface area contributed by atoms with Crippen LogP contribution in [0.4, 0.5) is 5.69 Å². The lowest BCUT2D eigenvalue weighted by molar-refractivity contribution is -0.136. The Balaban J connectivity index is 1.80. The van der Waals surface area contributed by atoms with E-state index in [0.717, 1.165) is 10.5 Å². The second-order valence-corrected chi connectivity index (χ2v) is 7.49. The van der Waals surface area contributed by atoms with Crippen LogP contribution >= 0.6 is 23.4 Å². The number of ether oxygens (including phenoxy) is 1. The first-order valence-corrected chi connectivity index (χ1v) is 9.81. The van der Waals surface area contributed by atoms with E-state index < -0.39 is 0 Å². The number of rotatable bonds is 3. The van der Waals surface area contributed by atoms with Gasteiger partial charge in [-0.05, 0) is 42.2 Å². The van der Waals surface area contributed by atoms with Crippen LogP contribution in [0.25, 0.3) is 0 Å². The van der Waals surface area contributed by atoms with Crippen molar-refractivity contribution < 1.29 is 14.3 Å². The largest absolute Gasteiger partial charge is 0.456 e. The zero-order valence-corrected chi connectivity index (χ0v) is 15.6. The summed E-state index contributed by atoms with van der Waals surface area (Å²) in [6, 6.07) is 15.1. The number of carbonyl (C=O) groups excluding carboxylic acids is 2. The Morgan fingerprint density at radius 1 is 1.15 bits per heavy atom. The molecule has 0 bridgehead atoms. The number of hydrogen-bond acceptors (Lipinski definition) is 4. The molecule has 0 N–H and O–H groups in total. The zero-order valence-electron chi connectivity index (χ0n) is 14.1. The van der Waals surface area contributed by atoms with Crippen molar-refractivity contribution in [2.24, 2.45) is 0 Å². The molecule has 2 heterocycles. The Labute approximate surface area is 160 Å². The van der Waals surface area contributed by atoms with Crippen LogP contribution in [0.2, 0.25) is 5.02 Å². The maximum Gasteiger partial charge on any atom is 0.336 e. The molecular formula is C20H16ClNO3S. The van der Waals surface area contributed by atoms with Gasteiger partial charge in [0.15, 0.2) is 0 Å². The third kappa shape index (κ3) is 2.91. The summed E-state index contributed by atoms with van der Waals surface area (Å²) in [5, 5.41) is 0.539. The zero-order chi connectivity index (χ0) is 18.3. The molecule has 0 saturated carbocycles. The Morgan fingerprint density at radius 2 is 1.92 bits per heavy atom. The highest BCUT2D eigenvalue weighted by Crippen LogP contribution is 2.42. The van der Waals surface area contributed by atoms with Crippen LogP contribution in [0.1, 0.15) is 17.9 Å². The fourth-order valence-electron chi connectivity index (χ4n) is 3.49. The smallest absolute Gasteiger partial charge is 0.336 e. The molecule has 0 aliphatic carbocycles. The molecule has 0 spiro atoms. The molecule has 0 saturated heterocycles. The number of hydrogen-bond donors (Lipinski definition) is 0. The maximum absolute atomic E-state index is 12.9. The number of esters is 1. The molecule has 1 amide bonds. The minimum Gasteiger partial charge on any atom is -0.456 e. The van der Waals surface area contributed by atoms with Gasteiger partial charge < -0.3 is 4.74 Å². The minimum atomic E-state index is -0.349. The number of anilines is 1. The molecule has 132 valence electrons. The number of halogens is 1. The van der Waals surface area contributed by atoms with Crippen molar-refractivity contribution in [1.29, 1.82) is 0 Å². The molecular weight excluding hydrogens is 370 g/mol. The summed E-state index contributed by atoms with van der Waals surface area (Å²) in [6.07, 6.45) is 2.23. The van der Waals surface area contributed by atoms with E-state index in [2.05, 4.69) is 0 Å². The van der Waals surface area contributed by atoms with E-state index in [9.17, 15) is 9.59 Å². The van der Waals surface area contributed by atoms with Gasteiger partial charge in [-0.3, -0.25) is 9.69 Å². The van der Waals surface area contributed by atoms with Crippen LogP contribution in [-0.2, 0) is 14.3 Å². The molecule has 2 aromatic rings. The highest BCUT2D eigenvalue weighted by atomic mass is 35.5. The first-order valence-electron chi connectivity index (χ1n) is 8.21. The lowest BCUT2D eigenvalue weighted by Gasteiger charge is -2.32. The predicted molar refractivity (Wildman–Crippen MR) is 103 cm³/mol. The van der Waals surface area contributed by atoms with Crippen LogP contribution in [0.3, 0.4) is 0 Å². The fraction of sp³-hybridized carbons (Fsp3) is 0.200. The average Bonchev–Trinajstić information content (AvgIpc) is 3.02. The molecule has 2 aliphatic heterocycles. The highest BCUT2D eigenvalue weighted by molar-refractivity contribution is 7.98. The van der Waals surface area contributed by atoms with Crippen molar-refractivity contribution in [3.63, 3.8) is 0 Å². The molecule has 6 heteroatoms. The van der Waals surface area contributed by atoms with E-state index in [1.807, 2.05) is 36.6 Å². The second kappa shape index (κ2) is 6.82. The summed E-state index contributed by atoms with van der Waals surface area (Å²) in [5.41, 5.74) is 2.80. The minimum absolute atomic E-state index is 0.0664. The van der Waals surface area contributed by atoms with Gasteiger partial charge in [0.05, 0.1) is 17.0 Å². The molecule has 2 aliphatic rings. The number of carbonyl (C=O) groups is 2. The summed E-state index contributed by atoms with van der Waals surface area (Å²) in [4.78, 5) is 28.1. The predicted octanol–water partition coefficient (Wildman–Crippen LogP) is 4.39. The average molecular weight is 386 g/mol. The summed E-state index contributed by atoms with van der Waals surface area (Å²) >= 11 is 7.73. The Bertz CT molecular complexity index is 923. The third-order valence-corrected chi connectivity index (χ3v) is 5.68. The molecule has 26 heavy (non-hydrogen) atoms. The monoisotopic (exact) mass is 385 g/mol. The van der Waals surface area contributed by atoms with Gasteiger partial charge in [-0.15, -0.1) is 11.8 Å². The maximum atomic E-state index is 12.9. The standard InChI is InChI=1S/C20H16ClNO3S/c1-26-15-7-5-12(6-8-15)16-10-18(23)22(14-4-2-3-13(21)9-14)17-11-25-20(24)19(16)17/h2-9,16H,10-11H2,1H3/t16-/m1/s1. The van der Waals surface area contributed by atoms with Gasteiger partial charge in [0.2, 0.25) is 5.91 Å². The van der Waals surface area contributed by atoms with Crippen LogP contribution < -0.4 is 4.90 Å². The van der Waals surface area contributed by atoms with Crippen molar-refractivity contribution in [3.8, 4) is 0 Å². The number of thioether (sulfide) groups is 1.